The Morgan fingerprint density at radius 3 is 2.81 bits per heavy atom. The Bertz CT molecular complexity index is 1370. The number of pyridine rings is 2. The molecule has 1 N–H and O–H groups in total. The van der Waals surface area contributed by atoms with Crippen molar-refractivity contribution in [2.24, 2.45) is 4.99 Å². The molecule has 6 nitrogen and oxygen atoms in total. The normalized spacial score (nSPS) is 11.8. The molecule has 3 rings (SSSR count). The standard InChI is InChI=1S/C24H17ClN4O2/c1-3-4-5-18(27-2)7-9-21(30)23-22(16-10-15(12-26)13-28-14-16)19-11-17(25)6-8-20(19)29-24(23)31/h3-11,13-14H,2H2,1H3,(H,29,31)/b4-3-,9-7+,18-5-. The number of nitriles is 1. The first kappa shape index (κ1) is 21.6. The fourth-order valence-electron chi connectivity index (χ4n) is 3.04. The summed E-state index contributed by atoms with van der Waals surface area (Å²) >= 11 is 6.19. The second-order valence-corrected chi connectivity index (χ2v) is 6.88. The van der Waals surface area contributed by atoms with Gasteiger partial charge in [-0.1, -0.05) is 23.8 Å². The topological polar surface area (TPSA) is 99.0 Å². The highest BCUT2D eigenvalue weighted by atomic mass is 35.5. The van der Waals surface area contributed by atoms with Gasteiger partial charge in [0.05, 0.1) is 16.8 Å². The molecule has 7 heteroatoms. The Morgan fingerprint density at radius 2 is 2.10 bits per heavy atom. The maximum absolute atomic E-state index is 13.1. The number of nitrogens with one attached hydrogen (secondary N) is 1. The molecule has 1 aromatic carbocycles. The van der Waals surface area contributed by atoms with Gasteiger partial charge >= 0.3 is 0 Å². The van der Waals surface area contributed by atoms with E-state index >= 15 is 0 Å². The SMILES string of the molecule is C=NC(=C\C=C/C)/C=C/C(=O)c1c(-c2cncc(C#N)c2)c2cc(Cl)ccc2[nH]c1=O. The number of aromatic amines is 1. The molecule has 0 radical (unpaired) electrons. The van der Waals surface area contributed by atoms with Crippen LogP contribution in [0, 0.1) is 11.3 Å². The van der Waals surface area contributed by atoms with Gasteiger partial charge < -0.3 is 4.98 Å². The number of rotatable bonds is 6. The average Bonchev–Trinajstić information content (AvgIpc) is 2.78. The minimum atomic E-state index is -0.563. The van der Waals surface area contributed by atoms with E-state index in [1.807, 2.05) is 19.1 Å². The predicted octanol–water partition coefficient (Wildman–Crippen LogP) is 5.01. The Labute approximate surface area is 183 Å². The monoisotopic (exact) mass is 428 g/mol. The smallest absolute Gasteiger partial charge is 0.260 e. The fourth-order valence-corrected chi connectivity index (χ4v) is 3.21. The average molecular weight is 429 g/mol. The lowest BCUT2D eigenvalue weighted by Gasteiger charge is -2.11. The summed E-state index contributed by atoms with van der Waals surface area (Å²) in [5.74, 6) is -0.532. The van der Waals surface area contributed by atoms with Crippen molar-refractivity contribution in [3.8, 4) is 17.2 Å². The van der Waals surface area contributed by atoms with Crippen molar-refractivity contribution in [3.05, 3.63) is 99.2 Å². The third kappa shape index (κ3) is 4.74. The number of benzene rings is 1. The summed E-state index contributed by atoms with van der Waals surface area (Å²) in [4.78, 5) is 36.7. The van der Waals surface area contributed by atoms with Crippen LogP contribution < -0.4 is 5.56 Å². The van der Waals surface area contributed by atoms with Crippen molar-refractivity contribution in [2.75, 3.05) is 0 Å². The Hall–Kier alpha value is -4.08. The number of carbonyl (C=O) groups excluding carboxylic acids is 1. The molecule has 31 heavy (non-hydrogen) atoms. The lowest BCUT2D eigenvalue weighted by molar-refractivity contribution is 0.104. The summed E-state index contributed by atoms with van der Waals surface area (Å²) in [5.41, 5.74) is 1.43. The van der Waals surface area contributed by atoms with Crippen LogP contribution in [0.5, 0.6) is 0 Å². The molecule has 0 aliphatic carbocycles. The van der Waals surface area contributed by atoms with Gasteiger partial charge in [-0.2, -0.15) is 5.26 Å². The molecule has 0 aliphatic heterocycles. The molecule has 0 unspecified atom stereocenters. The van der Waals surface area contributed by atoms with Crippen LogP contribution in [0.1, 0.15) is 22.8 Å². The van der Waals surface area contributed by atoms with E-state index in [0.29, 0.717) is 38.3 Å². The largest absolute Gasteiger partial charge is 0.321 e. The van der Waals surface area contributed by atoms with E-state index in [1.54, 1.807) is 36.4 Å². The number of carbonyl (C=O) groups is 1. The molecule has 0 aliphatic rings. The van der Waals surface area contributed by atoms with E-state index < -0.39 is 11.3 Å². The van der Waals surface area contributed by atoms with E-state index in [2.05, 4.69) is 21.7 Å². The second kappa shape index (κ2) is 9.61. The molecule has 152 valence electrons. The van der Waals surface area contributed by atoms with Crippen molar-refractivity contribution >= 4 is 35.0 Å². The molecule has 0 bridgehead atoms. The lowest BCUT2D eigenvalue weighted by atomic mass is 9.94. The minimum absolute atomic E-state index is 0.0858. The minimum Gasteiger partial charge on any atom is -0.321 e. The van der Waals surface area contributed by atoms with Crippen LogP contribution >= 0.6 is 11.6 Å². The Balaban J connectivity index is 2.29. The zero-order valence-corrected chi connectivity index (χ0v) is 17.3. The van der Waals surface area contributed by atoms with E-state index in [-0.39, 0.29) is 5.56 Å². The fraction of sp³-hybridized carbons (Fsp3) is 0.0417. The zero-order chi connectivity index (χ0) is 22.4. The summed E-state index contributed by atoms with van der Waals surface area (Å²) in [6.45, 7) is 5.33. The molecular formula is C24H17ClN4O2. The number of ketones is 1. The third-order valence-corrected chi connectivity index (χ3v) is 4.66. The highest BCUT2D eigenvalue weighted by Crippen LogP contribution is 2.31. The predicted molar refractivity (Wildman–Crippen MR) is 123 cm³/mol. The van der Waals surface area contributed by atoms with Crippen LogP contribution in [0.25, 0.3) is 22.0 Å². The summed E-state index contributed by atoms with van der Waals surface area (Å²) in [6.07, 6.45) is 10.9. The van der Waals surface area contributed by atoms with Gasteiger partial charge in [-0.25, -0.2) is 0 Å². The van der Waals surface area contributed by atoms with Gasteiger partial charge in [0.25, 0.3) is 5.56 Å². The third-order valence-electron chi connectivity index (χ3n) is 4.43. The van der Waals surface area contributed by atoms with Crippen molar-refractivity contribution < 1.29 is 4.79 Å². The van der Waals surface area contributed by atoms with Gasteiger partial charge in [0.1, 0.15) is 6.07 Å². The number of nitrogens with zero attached hydrogens (tertiary/aromatic N) is 3. The number of allylic oxidation sites excluding steroid dienone is 5. The van der Waals surface area contributed by atoms with Crippen LogP contribution in [0.2, 0.25) is 5.02 Å². The molecule has 0 atom stereocenters. The highest BCUT2D eigenvalue weighted by Gasteiger charge is 2.20. The number of aliphatic imine (C=N–C) groups is 1. The second-order valence-electron chi connectivity index (χ2n) is 6.44. The molecule has 0 spiro atoms. The number of hydrogen-bond acceptors (Lipinski definition) is 5. The van der Waals surface area contributed by atoms with Gasteiger partial charge in [0, 0.05) is 39.4 Å². The number of aromatic nitrogens is 2. The van der Waals surface area contributed by atoms with Crippen molar-refractivity contribution in [3.63, 3.8) is 0 Å². The Morgan fingerprint density at radius 1 is 1.29 bits per heavy atom. The first-order valence-corrected chi connectivity index (χ1v) is 9.59. The maximum atomic E-state index is 13.1. The molecule has 0 amide bonds. The maximum Gasteiger partial charge on any atom is 0.260 e. The van der Waals surface area contributed by atoms with Crippen molar-refractivity contribution in [1.29, 1.82) is 5.26 Å². The van der Waals surface area contributed by atoms with Gasteiger partial charge in [0.15, 0.2) is 5.78 Å². The number of H-pyrrole nitrogens is 1. The highest BCUT2D eigenvalue weighted by molar-refractivity contribution is 6.31. The summed E-state index contributed by atoms with van der Waals surface area (Å²) in [5, 5.41) is 10.3. The Kier molecular flexibility index (Phi) is 6.71. The van der Waals surface area contributed by atoms with E-state index in [0.717, 1.165) is 0 Å². The first-order chi connectivity index (χ1) is 15.0. The van der Waals surface area contributed by atoms with Crippen LogP contribution in [-0.2, 0) is 0 Å². The van der Waals surface area contributed by atoms with Crippen molar-refractivity contribution in [1.82, 2.24) is 9.97 Å². The number of halogens is 1. The van der Waals surface area contributed by atoms with E-state index in [4.69, 9.17) is 11.6 Å². The van der Waals surface area contributed by atoms with Crippen LogP contribution in [0.3, 0.4) is 0 Å². The van der Waals surface area contributed by atoms with E-state index in [1.165, 1.54) is 24.5 Å². The molecule has 2 heterocycles. The van der Waals surface area contributed by atoms with Crippen LogP contribution in [0.4, 0.5) is 0 Å². The van der Waals surface area contributed by atoms with Gasteiger partial charge in [-0.3, -0.25) is 19.6 Å². The molecule has 0 saturated heterocycles. The molecule has 0 fully saturated rings. The quantitative estimate of drug-likeness (QED) is 0.258. The zero-order valence-electron chi connectivity index (χ0n) is 16.6. The van der Waals surface area contributed by atoms with Crippen molar-refractivity contribution in [2.45, 2.75) is 6.92 Å². The number of hydrogen-bond donors (Lipinski definition) is 1. The van der Waals surface area contributed by atoms with Crippen LogP contribution in [-0.4, -0.2) is 22.5 Å². The van der Waals surface area contributed by atoms with Gasteiger partial charge in [-0.05, 0) is 56.1 Å². The lowest BCUT2D eigenvalue weighted by Crippen LogP contribution is -2.18. The van der Waals surface area contributed by atoms with Crippen LogP contribution in [0.15, 0.2) is 82.5 Å². The summed E-state index contributed by atoms with van der Waals surface area (Å²) < 4.78 is 0. The molecule has 0 saturated carbocycles. The summed E-state index contributed by atoms with van der Waals surface area (Å²) in [7, 11) is 0. The van der Waals surface area contributed by atoms with Gasteiger partial charge in [0.2, 0.25) is 0 Å². The summed E-state index contributed by atoms with van der Waals surface area (Å²) in [6, 6.07) is 8.55. The number of fused-ring (bicyclic) bond motifs is 1. The van der Waals surface area contributed by atoms with E-state index in [9.17, 15) is 14.9 Å². The molecular weight excluding hydrogens is 412 g/mol. The first-order valence-electron chi connectivity index (χ1n) is 9.21. The van der Waals surface area contributed by atoms with Gasteiger partial charge in [-0.15, -0.1) is 0 Å². The molecule has 2 aromatic heterocycles. The molecule has 3 aromatic rings.